The fourth-order valence-corrected chi connectivity index (χ4v) is 7.45. The Morgan fingerprint density at radius 2 is 0.976 bits per heavy atom. The van der Waals surface area contributed by atoms with Gasteiger partial charge in [-0.3, -0.25) is 19.2 Å². The van der Waals surface area contributed by atoms with Gasteiger partial charge in [-0.15, -0.1) is 22.7 Å². The zero-order valence-electron chi connectivity index (χ0n) is 21.3. The summed E-state index contributed by atoms with van der Waals surface area (Å²) in [6, 6.07) is 2.99. The minimum Gasteiger partial charge on any atom is -0.285 e. The highest BCUT2D eigenvalue weighted by molar-refractivity contribution is 7.21. The van der Waals surface area contributed by atoms with Crippen LogP contribution in [0.3, 0.4) is 0 Å². The third-order valence-electron chi connectivity index (χ3n) is 7.26. The van der Waals surface area contributed by atoms with Crippen molar-refractivity contribution >= 4 is 89.5 Å². The first-order chi connectivity index (χ1) is 19.9. The van der Waals surface area contributed by atoms with E-state index in [4.69, 9.17) is 0 Å². The molecule has 42 heavy (non-hydrogen) atoms. The molecule has 0 amide bonds. The molecule has 12 heteroatoms. The average Bonchev–Trinajstić information content (AvgIpc) is 3.66. The summed E-state index contributed by atoms with van der Waals surface area (Å²) in [4.78, 5) is 59.3. The van der Waals surface area contributed by atoms with Crippen LogP contribution in [0.4, 0.5) is 17.6 Å². The van der Waals surface area contributed by atoms with Gasteiger partial charge in [0.25, 0.3) is 0 Å². The summed E-state index contributed by atoms with van der Waals surface area (Å²) in [5.41, 5.74) is 1.07. The van der Waals surface area contributed by atoms with E-state index in [2.05, 4.69) is 9.97 Å². The fourth-order valence-electron chi connectivity index (χ4n) is 5.31. The van der Waals surface area contributed by atoms with E-state index in [1.54, 1.807) is 13.8 Å². The molecule has 0 fully saturated rings. The molecule has 0 atom stereocenters. The number of Topliss-reactive ketones (excluding diaryl/α,β-unsaturated/α-hetero) is 4. The molecule has 0 bridgehead atoms. The van der Waals surface area contributed by atoms with Gasteiger partial charge in [-0.2, -0.15) is 0 Å². The number of fused-ring (bicyclic) bond motifs is 4. The van der Waals surface area contributed by atoms with Crippen molar-refractivity contribution in [1.29, 1.82) is 0 Å². The molecule has 0 radical (unpaired) electrons. The molecule has 2 aliphatic rings. The number of hydrogen-bond acceptors (Lipinski definition) is 8. The summed E-state index contributed by atoms with van der Waals surface area (Å²) >= 11 is 2.38. The smallest absolute Gasteiger partial charge is 0.237 e. The number of ketones is 4. The second kappa shape index (κ2) is 8.91. The van der Waals surface area contributed by atoms with Crippen LogP contribution in [-0.4, -0.2) is 33.1 Å². The van der Waals surface area contributed by atoms with E-state index in [0.717, 1.165) is 12.1 Å². The highest BCUT2D eigenvalue weighted by Gasteiger charge is 2.38. The highest BCUT2D eigenvalue weighted by Crippen LogP contribution is 2.41. The maximum Gasteiger partial charge on any atom is 0.237 e. The van der Waals surface area contributed by atoms with Gasteiger partial charge in [0.15, 0.2) is 0 Å². The van der Waals surface area contributed by atoms with Gasteiger partial charge in [-0.05, 0) is 49.3 Å². The van der Waals surface area contributed by atoms with Crippen molar-refractivity contribution in [2.75, 3.05) is 0 Å². The second-order valence-corrected chi connectivity index (χ2v) is 11.8. The quantitative estimate of drug-likeness (QED) is 0.127. The third-order valence-corrected chi connectivity index (χ3v) is 9.50. The number of allylic oxidation sites excluding steroid dienone is 2. The van der Waals surface area contributed by atoms with Crippen LogP contribution in [0.15, 0.2) is 24.3 Å². The highest BCUT2D eigenvalue weighted by atomic mass is 32.1. The number of carbonyl (C=O) groups excluding carboxylic acids is 4. The molecule has 0 saturated carbocycles. The lowest BCUT2D eigenvalue weighted by atomic mass is 10.1. The number of nitrogens with zero attached hydrogens (tertiary/aromatic N) is 2. The monoisotopic (exact) mass is 604 g/mol. The van der Waals surface area contributed by atoms with Gasteiger partial charge in [-0.1, -0.05) is 0 Å². The Bertz CT molecular complexity index is 2030. The summed E-state index contributed by atoms with van der Waals surface area (Å²) < 4.78 is 57.8. The van der Waals surface area contributed by atoms with Crippen molar-refractivity contribution in [3.8, 4) is 0 Å². The van der Waals surface area contributed by atoms with E-state index in [1.807, 2.05) is 0 Å². The number of benzene rings is 3. The molecule has 2 heterocycles. The van der Waals surface area contributed by atoms with Crippen LogP contribution in [0.1, 0.15) is 53.0 Å². The minimum absolute atomic E-state index is 0.128. The molecular formula is C30H12F4N2O4S2. The van der Waals surface area contributed by atoms with Crippen LogP contribution in [0.25, 0.3) is 43.7 Å². The Morgan fingerprint density at radius 1 is 0.595 bits per heavy atom. The molecule has 6 nitrogen and oxygen atoms in total. The number of carbonyl (C=O) groups is 4. The zero-order chi connectivity index (χ0) is 29.8. The van der Waals surface area contributed by atoms with E-state index < -0.39 is 57.5 Å². The Labute approximate surface area is 240 Å². The van der Waals surface area contributed by atoms with Gasteiger partial charge in [0.2, 0.25) is 23.1 Å². The molecule has 7 rings (SSSR count). The fraction of sp³-hybridized carbons (Fsp3) is 0.0667. The predicted octanol–water partition coefficient (Wildman–Crippen LogP) is 6.69. The number of rotatable bonds is 2. The molecule has 0 saturated heterocycles. The van der Waals surface area contributed by atoms with Crippen LogP contribution in [0.2, 0.25) is 0 Å². The van der Waals surface area contributed by atoms with Crippen molar-refractivity contribution in [3.05, 3.63) is 90.9 Å². The SMILES string of the molecule is Cc1c2nc(/C=C3\C(=O)C(=O)c4c(F)cc(F)cc43)sc2c(C)c2nc(/C=C3\C(=O)C(=O)c4c(F)cc(F)cc43)sc12. The number of aryl methyl sites for hydroxylation is 2. The van der Waals surface area contributed by atoms with Crippen LogP contribution in [0, 0.1) is 37.1 Å². The van der Waals surface area contributed by atoms with E-state index in [9.17, 15) is 36.7 Å². The number of hydrogen-bond donors (Lipinski definition) is 0. The molecule has 2 aliphatic carbocycles. The molecule has 0 aliphatic heterocycles. The van der Waals surface area contributed by atoms with Crippen LogP contribution in [-0.2, 0) is 9.59 Å². The molecular weight excluding hydrogens is 592 g/mol. The van der Waals surface area contributed by atoms with Gasteiger partial charge in [0, 0.05) is 34.4 Å². The zero-order valence-corrected chi connectivity index (χ0v) is 23.0. The molecule has 0 spiro atoms. The van der Waals surface area contributed by atoms with Gasteiger partial charge < -0.3 is 0 Å². The van der Waals surface area contributed by atoms with E-state index in [-0.39, 0.29) is 22.3 Å². The Kier molecular flexibility index (Phi) is 5.56. The van der Waals surface area contributed by atoms with Gasteiger partial charge in [0.05, 0.1) is 31.6 Å². The van der Waals surface area contributed by atoms with Crippen molar-refractivity contribution < 1.29 is 36.7 Å². The van der Waals surface area contributed by atoms with Gasteiger partial charge in [0.1, 0.15) is 33.3 Å². The maximum absolute atomic E-state index is 14.3. The summed E-state index contributed by atoms with van der Waals surface area (Å²) in [5, 5.41) is 0.668. The Hall–Kier alpha value is -4.68. The second-order valence-electron chi connectivity index (χ2n) is 9.76. The Balaban J connectivity index is 1.35. The minimum atomic E-state index is -1.11. The summed E-state index contributed by atoms with van der Waals surface area (Å²) in [6.07, 6.45) is 2.68. The van der Waals surface area contributed by atoms with E-state index in [0.29, 0.717) is 53.7 Å². The largest absolute Gasteiger partial charge is 0.285 e. The van der Waals surface area contributed by atoms with Gasteiger partial charge in [-0.25, -0.2) is 27.5 Å². The molecule has 206 valence electrons. The Morgan fingerprint density at radius 3 is 1.36 bits per heavy atom. The summed E-state index contributed by atoms with van der Waals surface area (Å²) in [5.74, 6) is -8.07. The molecule has 3 aromatic carbocycles. The molecule has 0 unspecified atom stereocenters. The molecule has 5 aromatic rings. The van der Waals surface area contributed by atoms with Crippen LogP contribution >= 0.6 is 22.7 Å². The number of halogens is 4. The molecule has 0 N–H and O–H groups in total. The molecule has 2 aromatic heterocycles. The third kappa shape index (κ3) is 3.61. The lowest BCUT2D eigenvalue weighted by molar-refractivity contribution is -0.110. The first kappa shape index (κ1) is 26.2. The number of aromatic nitrogens is 2. The van der Waals surface area contributed by atoms with Crippen molar-refractivity contribution in [2.24, 2.45) is 0 Å². The topological polar surface area (TPSA) is 94.1 Å². The van der Waals surface area contributed by atoms with Crippen molar-refractivity contribution in [2.45, 2.75) is 13.8 Å². The summed E-state index contributed by atoms with van der Waals surface area (Å²) in [6.45, 7) is 3.59. The average molecular weight is 605 g/mol. The van der Waals surface area contributed by atoms with Crippen molar-refractivity contribution in [1.82, 2.24) is 9.97 Å². The van der Waals surface area contributed by atoms with Gasteiger partial charge >= 0.3 is 0 Å². The summed E-state index contributed by atoms with van der Waals surface area (Å²) in [7, 11) is 0. The lowest BCUT2D eigenvalue weighted by Gasteiger charge is -2.00. The van der Waals surface area contributed by atoms with Crippen LogP contribution in [0.5, 0.6) is 0 Å². The normalized spacial score (nSPS) is 16.6. The maximum atomic E-state index is 14.3. The van der Waals surface area contributed by atoms with E-state index in [1.165, 1.54) is 34.8 Å². The standard InChI is InChI=1S/C30H12F4N2O4S2/c1-9-23-30(42-19(35-23)7-15-13-3-11(31)5-17(33)21(13)27(39)25(15)37)10(2)24-29(9)41-20(36-24)8-16-14-4-12(32)6-18(34)22(14)28(40)26(16)38/h3-8H,1-2H3/b15-7-,16-8-. The predicted molar refractivity (Wildman–Crippen MR) is 149 cm³/mol. The first-order valence-corrected chi connectivity index (χ1v) is 13.9. The number of thiazole rings is 2. The lowest BCUT2D eigenvalue weighted by Crippen LogP contribution is -2.07. The van der Waals surface area contributed by atoms with Crippen LogP contribution < -0.4 is 0 Å². The first-order valence-electron chi connectivity index (χ1n) is 12.2. The van der Waals surface area contributed by atoms with Crippen molar-refractivity contribution in [3.63, 3.8) is 0 Å². The van der Waals surface area contributed by atoms with E-state index >= 15 is 0 Å².